The standard InChI is InChI=1S/C13H16O4/c1-15-9-2-3-12-10(6-9)11(14)7-13(17-12)4-5-16-8-13/h2-3,6,11,14H,4-5,7-8H2,1H3/t11-,13?/m1/s1. The van der Waals surface area contributed by atoms with Crippen molar-refractivity contribution < 1.29 is 19.3 Å². The van der Waals surface area contributed by atoms with Crippen LogP contribution in [0.1, 0.15) is 24.5 Å². The highest BCUT2D eigenvalue weighted by atomic mass is 16.6. The Labute approximate surface area is 100 Å². The van der Waals surface area contributed by atoms with Crippen LogP contribution in [0.4, 0.5) is 0 Å². The van der Waals surface area contributed by atoms with Crippen LogP contribution in [-0.2, 0) is 4.74 Å². The number of ether oxygens (including phenoxy) is 3. The summed E-state index contributed by atoms with van der Waals surface area (Å²) < 4.78 is 16.5. The molecule has 0 amide bonds. The molecular weight excluding hydrogens is 220 g/mol. The Morgan fingerprint density at radius 2 is 2.35 bits per heavy atom. The number of aliphatic hydroxyl groups is 1. The molecule has 1 fully saturated rings. The molecule has 2 aliphatic rings. The van der Waals surface area contributed by atoms with E-state index in [1.165, 1.54) is 0 Å². The van der Waals surface area contributed by atoms with Gasteiger partial charge in [0, 0.05) is 18.4 Å². The number of hydrogen-bond acceptors (Lipinski definition) is 4. The Kier molecular flexibility index (Phi) is 2.49. The average Bonchev–Trinajstić information content (AvgIpc) is 2.77. The van der Waals surface area contributed by atoms with E-state index in [4.69, 9.17) is 14.2 Å². The number of rotatable bonds is 1. The van der Waals surface area contributed by atoms with Crippen LogP contribution in [0.25, 0.3) is 0 Å². The highest BCUT2D eigenvalue weighted by Gasteiger charge is 2.43. The van der Waals surface area contributed by atoms with Crippen molar-refractivity contribution in [2.24, 2.45) is 0 Å². The molecule has 0 radical (unpaired) electrons. The summed E-state index contributed by atoms with van der Waals surface area (Å²) in [6.45, 7) is 1.27. The molecule has 0 aromatic heterocycles. The van der Waals surface area contributed by atoms with Crippen LogP contribution in [0.15, 0.2) is 18.2 Å². The first-order chi connectivity index (χ1) is 8.22. The van der Waals surface area contributed by atoms with Gasteiger partial charge in [0.1, 0.15) is 17.1 Å². The maximum atomic E-state index is 10.2. The summed E-state index contributed by atoms with van der Waals surface area (Å²) in [5.41, 5.74) is 0.475. The van der Waals surface area contributed by atoms with Gasteiger partial charge >= 0.3 is 0 Å². The van der Waals surface area contributed by atoms with Crippen LogP contribution in [0.2, 0.25) is 0 Å². The third-order valence-electron chi connectivity index (χ3n) is 3.53. The largest absolute Gasteiger partial charge is 0.497 e. The van der Waals surface area contributed by atoms with Gasteiger partial charge in [0.15, 0.2) is 0 Å². The van der Waals surface area contributed by atoms with Crippen molar-refractivity contribution in [3.8, 4) is 11.5 Å². The molecule has 0 saturated carbocycles. The monoisotopic (exact) mass is 236 g/mol. The third-order valence-corrected chi connectivity index (χ3v) is 3.53. The van der Waals surface area contributed by atoms with Gasteiger partial charge in [-0.1, -0.05) is 0 Å². The van der Waals surface area contributed by atoms with E-state index in [1.54, 1.807) is 7.11 Å². The van der Waals surface area contributed by atoms with E-state index in [0.29, 0.717) is 19.6 Å². The lowest BCUT2D eigenvalue weighted by Crippen LogP contribution is -2.41. The molecule has 4 nitrogen and oxygen atoms in total. The molecule has 2 atom stereocenters. The Hall–Kier alpha value is -1.26. The number of fused-ring (bicyclic) bond motifs is 1. The third kappa shape index (κ3) is 1.77. The molecule has 0 bridgehead atoms. The molecule has 2 heterocycles. The second-order valence-electron chi connectivity index (χ2n) is 4.71. The minimum absolute atomic E-state index is 0.332. The SMILES string of the molecule is COc1ccc2c(c1)[C@H](O)CC1(CCOC1)O2. The fourth-order valence-electron chi connectivity index (χ4n) is 2.57. The fourth-order valence-corrected chi connectivity index (χ4v) is 2.57. The van der Waals surface area contributed by atoms with E-state index in [1.807, 2.05) is 18.2 Å². The first kappa shape index (κ1) is 10.9. The normalized spacial score (nSPS) is 31.1. The van der Waals surface area contributed by atoms with Crippen molar-refractivity contribution in [2.45, 2.75) is 24.5 Å². The number of hydrogen-bond donors (Lipinski definition) is 1. The Balaban J connectivity index is 1.96. The summed E-state index contributed by atoms with van der Waals surface area (Å²) in [6.07, 6.45) is 0.929. The molecule has 3 rings (SSSR count). The maximum Gasteiger partial charge on any atom is 0.137 e. The topological polar surface area (TPSA) is 47.9 Å². The van der Waals surface area contributed by atoms with Crippen LogP contribution in [0.3, 0.4) is 0 Å². The van der Waals surface area contributed by atoms with Gasteiger partial charge in [0.05, 0.1) is 26.4 Å². The van der Waals surface area contributed by atoms with Gasteiger partial charge in [-0.3, -0.25) is 0 Å². The van der Waals surface area contributed by atoms with Gasteiger partial charge in [0.25, 0.3) is 0 Å². The lowest BCUT2D eigenvalue weighted by atomic mass is 9.88. The molecule has 1 aromatic rings. The van der Waals surface area contributed by atoms with E-state index >= 15 is 0 Å². The van der Waals surface area contributed by atoms with Gasteiger partial charge in [-0.2, -0.15) is 0 Å². The summed E-state index contributed by atoms with van der Waals surface area (Å²) in [6, 6.07) is 5.54. The lowest BCUT2D eigenvalue weighted by molar-refractivity contribution is -0.0195. The van der Waals surface area contributed by atoms with E-state index < -0.39 is 6.10 Å². The van der Waals surface area contributed by atoms with Gasteiger partial charge in [0.2, 0.25) is 0 Å². The molecule has 0 aliphatic carbocycles. The lowest BCUT2D eigenvalue weighted by Gasteiger charge is -2.37. The Bertz CT molecular complexity index is 423. The van der Waals surface area contributed by atoms with Gasteiger partial charge in [-0.05, 0) is 18.2 Å². The zero-order valence-electron chi connectivity index (χ0n) is 9.81. The molecule has 1 unspecified atom stereocenters. The van der Waals surface area contributed by atoms with Gasteiger partial charge in [-0.15, -0.1) is 0 Å². The van der Waals surface area contributed by atoms with Crippen molar-refractivity contribution in [3.63, 3.8) is 0 Å². The highest BCUT2D eigenvalue weighted by Crippen LogP contribution is 2.44. The summed E-state index contributed by atoms with van der Waals surface area (Å²) >= 11 is 0. The van der Waals surface area contributed by atoms with Crippen molar-refractivity contribution in [2.75, 3.05) is 20.3 Å². The molecule has 1 aromatic carbocycles. The molecular formula is C13H16O4. The van der Waals surface area contributed by atoms with Crippen molar-refractivity contribution in [3.05, 3.63) is 23.8 Å². The molecule has 1 saturated heterocycles. The zero-order chi connectivity index (χ0) is 11.9. The first-order valence-electron chi connectivity index (χ1n) is 5.85. The Morgan fingerprint density at radius 1 is 1.47 bits per heavy atom. The minimum Gasteiger partial charge on any atom is -0.497 e. The van der Waals surface area contributed by atoms with Crippen molar-refractivity contribution in [1.82, 2.24) is 0 Å². The smallest absolute Gasteiger partial charge is 0.137 e. The van der Waals surface area contributed by atoms with E-state index in [2.05, 4.69) is 0 Å². The summed E-state index contributed by atoms with van der Waals surface area (Å²) in [5.74, 6) is 1.49. The van der Waals surface area contributed by atoms with Crippen LogP contribution >= 0.6 is 0 Å². The Morgan fingerprint density at radius 3 is 3.06 bits per heavy atom. The molecule has 17 heavy (non-hydrogen) atoms. The van der Waals surface area contributed by atoms with Gasteiger partial charge in [-0.25, -0.2) is 0 Å². The van der Waals surface area contributed by atoms with E-state index in [9.17, 15) is 5.11 Å². The van der Waals surface area contributed by atoms with Crippen molar-refractivity contribution >= 4 is 0 Å². The first-order valence-corrected chi connectivity index (χ1v) is 5.85. The van der Waals surface area contributed by atoms with Crippen molar-refractivity contribution in [1.29, 1.82) is 0 Å². The fraction of sp³-hybridized carbons (Fsp3) is 0.538. The minimum atomic E-state index is -0.504. The number of benzene rings is 1. The predicted octanol–water partition coefficient (Wildman–Crippen LogP) is 1.67. The summed E-state index contributed by atoms with van der Waals surface area (Å²) in [7, 11) is 1.62. The average molecular weight is 236 g/mol. The number of methoxy groups -OCH3 is 1. The second-order valence-corrected chi connectivity index (χ2v) is 4.71. The summed E-state index contributed by atoms with van der Waals surface area (Å²) in [4.78, 5) is 0. The van der Waals surface area contributed by atoms with Crippen LogP contribution in [0.5, 0.6) is 11.5 Å². The molecule has 4 heteroatoms. The molecule has 92 valence electrons. The molecule has 1 N–H and O–H groups in total. The molecule has 2 aliphatic heterocycles. The second kappa shape index (κ2) is 3.89. The summed E-state index contributed by atoms with van der Waals surface area (Å²) in [5, 5.41) is 10.2. The van der Waals surface area contributed by atoms with Crippen LogP contribution < -0.4 is 9.47 Å². The quantitative estimate of drug-likeness (QED) is 0.805. The predicted molar refractivity (Wildman–Crippen MR) is 61.4 cm³/mol. The van der Waals surface area contributed by atoms with Crippen LogP contribution in [0, 0.1) is 0 Å². The zero-order valence-corrected chi connectivity index (χ0v) is 9.81. The van der Waals surface area contributed by atoms with E-state index in [0.717, 1.165) is 23.5 Å². The molecule has 1 spiro atoms. The maximum absolute atomic E-state index is 10.2. The van der Waals surface area contributed by atoms with Gasteiger partial charge < -0.3 is 19.3 Å². The van der Waals surface area contributed by atoms with E-state index in [-0.39, 0.29) is 5.60 Å². The number of aliphatic hydroxyl groups excluding tert-OH is 1. The van der Waals surface area contributed by atoms with Crippen LogP contribution in [-0.4, -0.2) is 31.0 Å². The highest BCUT2D eigenvalue weighted by molar-refractivity contribution is 5.43.